The number of allylic oxidation sites excluding steroid dienone is 1. The molecule has 1 atom stereocenters. The summed E-state index contributed by atoms with van der Waals surface area (Å²) in [6.07, 6.45) is 6.74. The molecule has 1 rings (SSSR count). The minimum atomic E-state index is 0.407. The van der Waals surface area contributed by atoms with E-state index < -0.39 is 0 Å². The van der Waals surface area contributed by atoms with Crippen molar-refractivity contribution in [2.24, 2.45) is 10.9 Å². The zero-order chi connectivity index (χ0) is 5.11. The second-order valence-corrected chi connectivity index (χ2v) is 1.68. The summed E-state index contributed by atoms with van der Waals surface area (Å²) in [6.45, 7) is 3.80. The summed E-state index contributed by atoms with van der Waals surface area (Å²) in [6, 6.07) is 0. The number of hydrogen-bond acceptors (Lipinski definition) is 1. The van der Waals surface area contributed by atoms with Gasteiger partial charge in [0.05, 0.1) is 0 Å². The maximum Gasteiger partial charge on any atom is 0.0224 e. The quantitative estimate of drug-likeness (QED) is 0.430. The van der Waals surface area contributed by atoms with E-state index in [-0.39, 0.29) is 0 Å². The van der Waals surface area contributed by atoms with E-state index in [1.54, 1.807) is 0 Å². The van der Waals surface area contributed by atoms with Crippen LogP contribution in [-0.4, -0.2) is 6.21 Å². The van der Waals surface area contributed by atoms with E-state index in [0.717, 1.165) is 6.42 Å². The fraction of sp³-hybridized carbons (Fsp3) is 0.333. The van der Waals surface area contributed by atoms with Crippen LogP contribution in [0.1, 0.15) is 6.42 Å². The lowest BCUT2D eigenvalue weighted by Crippen LogP contribution is -1.95. The Kier molecular flexibility index (Phi) is 1.25. The first kappa shape index (κ1) is 4.57. The Morgan fingerprint density at radius 3 is 2.86 bits per heavy atom. The van der Waals surface area contributed by atoms with Crippen molar-refractivity contribution < 1.29 is 0 Å². The van der Waals surface area contributed by atoms with Crippen molar-refractivity contribution in [3.05, 3.63) is 19.2 Å². The highest BCUT2D eigenvalue weighted by Crippen LogP contribution is 2.02. The van der Waals surface area contributed by atoms with E-state index in [4.69, 9.17) is 0 Å². The van der Waals surface area contributed by atoms with E-state index in [2.05, 4.69) is 11.9 Å². The van der Waals surface area contributed by atoms with E-state index in [0.29, 0.717) is 5.92 Å². The first-order chi connectivity index (χ1) is 3.39. The molecule has 0 N–H and O–H groups in total. The van der Waals surface area contributed by atoms with Gasteiger partial charge in [-0.3, -0.25) is 4.99 Å². The molecule has 37 valence electrons. The Labute approximate surface area is 43.8 Å². The van der Waals surface area contributed by atoms with Gasteiger partial charge in [0, 0.05) is 12.4 Å². The highest BCUT2D eigenvalue weighted by molar-refractivity contribution is 5.63. The highest BCUT2D eigenvalue weighted by Gasteiger charge is 1.94. The highest BCUT2D eigenvalue weighted by atomic mass is 14.7. The van der Waals surface area contributed by atoms with Crippen molar-refractivity contribution >= 4 is 6.21 Å². The second kappa shape index (κ2) is 1.92. The largest absolute Gasteiger partial charge is 0.269 e. The van der Waals surface area contributed by atoms with Crippen molar-refractivity contribution in [1.82, 2.24) is 0 Å². The summed E-state index contributed by atoms with van der Waals surface area (Å²) in [7, 11) is 0. The lowest BCUT2D eigenvalue weighted by atomic mass is 10.1. The minimum absolute atomic E-state index is 0.407. The molecule has 0 saturated heterocycles. The average Bonchev–Trinajstić information content (AvgIpc) is 1.69. The molecule has 1 aliphatic rings. The van der Waals surface area contributed by atoms with Crippen molar-refractivity contribution in [1.29, 1.82) is 0 Å². The Hall–Kier alpha value is -0.590. The number of aliphatic imine (C=N–C) groups is 1. The van der Waals surface area contributed by atoms with Gasteiger partial charge < -0.3 is 0 Å². The summed E-state index contributed by atoms with van der Waals surface area (Å²) in [5, 5.41) is 0. The molecule has 0 saturated carbocycles. The Morgan fingerprint density at radius 1 is 1.71 bits per heavy atom. The standard InChI is InChI=1S/C6H8N/c1-6-3-2-4-7-5-6/h2,4-6H,1,3H2. The van der Waals surface area contributed by atoms with E-state index in [1.165, 1.54) is 0 Å². The Bertz CT molecular complexity index is 103. The van der Waals surface area contributed by atoms with Gasteiger partial charge in [0.25, 0.3) is 0 Å². The van der Waals surface area contributed by atoms with Gasteiger partial charge in [0.1, 0.15) is 0 Å². The molecule has 0 spiro atoms. The maximum absolute atomic E-state index is 3.89. The third kappa shape index (κ3) is 1.15. The van der Waals surface area contributed by atoms with Gasteiger partial charge in [-0.1, -0.05) is 6.08 Å². The second-order valence-electron chi connectivity index (χ2n) is 1.68. The molecule has 0 aromatic rings. The van der Waals surface area contributed by atoms with Crippen LogP contribution in [0.2, 0.25) is 0 Å². The van der Waals surface area contributed by atoms with Gasteiger partial charge in [-0.15, -0.1) is 0 Å². The molecule has 0 aromatic heterocycles. The first-order valence-electron chi connectivity index (χ1n) is 2.41. The average molecular weight is 94.1 g/mol. The molecule has 1 aliphatic heterocycles. The maximum atomic E-state index is 3.89. The lowest BCUT2D eigenvalue weighted by Gasteiger charge is -2.01. The van der Waals surface area contributed by atoms with Gasteiger partial charge in [-0.2, -0.15) is 0 Å². The van der Waals surface area contributed by atoms with Crippen LogP contribution < -0.4 is 0 Å². The predicted octanol–water partition coefficient (Wildman–Crippen LogP) is 1.42. The monoisotopic (exact) mass is 94.1 g/mol. The molecule has 7 heavy (non-hydrogen) atoms. The molecule has 1 unspecified atom stereocenters. The molecular formula is C6H8N. The molecule has 0 aromatic carbocycles. The first-order valence-corrected chi connectivity index (χ1v) is 2.41. The van der Waals surface area contributed by atoms with Gasteiger partial charge >= 0.3 is 0 Å². The van der Waals surface area contributed by atoms with Crippen LogP contribution in [-0.2, 0) is 0 Å². The Balaban J connectivity index is 2.49. The molecule has 0 fully saturated rings. The summed E-state index contributed by atoms with van der Waals surface area (Å²) >= 11 is 0. The van der Waals surface area contributed by atoms with Crippen molar-refractivity contribution in [3.8, 4) is 0 Å². The van der Waals surface area contributed by atoms with Gasteiger partial charge in [0.2, 0.25) is 0 Å². The smallest absolute Gasteiger partial charge is 0.0224 e. The van der Waals surface area contributed by atoms with E-state index in [1.807, 2.05) is 18.5 Å². The third-order valence-corrected chi connectivity index (χ3v) is 0.927. The molecule has 0 aliphatic carbocycles. The minimum Gasteiger partial charge on any atom is -0.269 e. The molecule has 1 heterocycles. The molecule has 0 amide bonds. The van der Waals surface area contributed by atoms with Crippen molar-refractivity contribution in [2.45, 2.75) is 6.42 Å². The summed E-state index contributed by atoms with van der Waals surface area (Å²) in [5.74, 6) is 0.407. The summed E-state index contributed by atoms with van der Waals surface area (Å²) in [5.41, 5.74) is 0. The fourth-order valence-corrected chi connectivity index (χ4v) is 0.529. The zero-order valence-corrected chi connectivity index (χ0v) is 4.17. The zero-order valence-electron chi connectivity index (χ0n) is 4.17. The van der Waals surface area contributed by atoms with Crippen molar-refractivity contribution in [2.75, 3.05) is 0 Å². The van der Waals surface area contributed by atoms with Crippen LogP contribution in [0.15, 0.2) is 17.3 Å². The van der Waals surface area contributed by atoms with Crippen LogP contribution in [0, 0.1) is 12.8 Å². The van der Waals surface area contributed by atoms with E-state index >= 15 is 0 Å². The molecule has 1 heteroatoms. The third-order valence-electron chi connectivity index (χ3n) is 0.927. The lowest BCUT2D eigenvalue weighted by molar-refractivity contribution is 0.879. The Morgan fingerprint density at radius 2 is 2.57 bits per heavy atom. The van der Waals surface area contributed by atoms with Crippen LogP contribution in [0.25, 0.3) is 0 Å². The topological polar surface area (TPSA) is 12.4 Å². The molecular weight excluding hydrogens is 86.1 g/mol. The summed E-state index contributed by atoms with van der Waals surface area (Å²) < 4.78 is 0. The number of hydrogen-bond donors (Lipinski definition) is 0. The normalized spacial score (nSPS) is 28.4. The number of rotatable bonds is 0. The van der Waals surface area contributed by atoms with Crippen LogP contribution in [0.4, 0.5) is 0 Å². The van der Waals surface area contributed by atoms with Crippen LogP contribution in [0.3, 0.4) is 0 Å². The SMILES string of the molecule is [CH2]C1C=NC=CC1. The van der Waals surface area contributed by atoms with Crippen molar-refractivity contribution in [3.63, 3.8) is 0 Å². The molecule has 1 nitrogen and oxygen atoms in total. The number of nitrogens with zero attached hydrogens (tertiary/aromatic N) is 1. The van der Waals surface area contributed by atoms with Crippen LogP contribution >= 0.6 is 0 Å². The van der Waals surface area contributed by atoms with Crippen LogP contribution in [0.5, 0.6) is 0 Å². The summed E-state index contributed by atoms with van der Waals surface area (Å²) in [4.78, 5) is 3.89. The van der Waals surface area contributed by atoms with Gasteiger partial charge in [0.15, 0.2) is 0 Å². The fourth-order valence-electron chi connectivity index (χ4n) is 0.529. The predicted molar refractivity (Wildman–Crippen MR) is 31.1 cm³/mol. The molecule has 1 radical (unpaired) electrons. The molecule has 0 bridgehead atoms. The van der Waals surface area contributed by atoms with Gasteiger partial charge in [-0.25, -0.2) is 0 Å². The van der Waals surface area contributed by atoms with Gasteiger partial charge in [-0.05, 0) is 19.3 Å². The van der Waals surface area contributed by atoms with E-state index in [9.17, 15) is 0 Å².